The minimum Gasteiger partial charge on any atom is -0.0998 e. The molecule has 0 amide bonds. The minimum atomic E-state index is 0.767. The SMILES string of the molecule is C=C(C)[C@H]1CC=C(C)CC1.CCC(C)CCCC(C)C. The summed E-state index contributed by atoms with van der Waals surface area (Å²) in [4.78, 5) is 0. The maximum atomic E-state index is 3.97. The van der Waals surface area contributed by atoms with Crippen LogP contribution in [0.3, 0.4) is 0 Å². The van der Waals surface area contributed by atoms with E-state index in [1.54, 1.807) is 5.57 Å². The fraction of sp³-hybridized carbons (Fsp3) is 0.800. The average molecular weight is 279 g/mol. The van der Waals surface area contributed by atoms with Gasteiger partial charge in [-0.05, 0) is 50.9 Å². The number of allylic oxidation sites excluding steroid dienone is 3. The Bertz CT molecular complexity index is 282. The number of rotatable bonds is 6. The van der Waals surface area contributed by atoms with Gasteiger partial charge in [0.25, 0.3) is 0 Å². The van der Waals surface area contributed by atoms with Crippen LogP contribution in [0.15, 0.2) is 23.8 Å². The van der Waals surface area contributed by atoms with Crippen molar-refractivity contribution in [3.63, 3.8) is 0 Å². The molecule has 1 aliphatic rings. The molecule has 0 aliphatic heterocycles. The third-order valence-electron chi connectivity index (χ3n) is 4.51. The Labute approximate surface area is 128 Å². The fourth-order valence-corrected chi connectivity index (χ4v) is 2.49. The summed E-state index contributed by atoms with van der Waals surface area (Å²) in [6, 6.07) is 0. The molecular formula is C20H38. The van der Waals surface area contributed by atoms with Crippen LogP contribution < -0.4 is 0 Å². The molecule has 0 spiro atoms. The zero-order valence-electron chi connectivity index (χ0n) is 15.0. The summed E-state index contributed by atoms with van der Waals surface area (Å²) in [5.74, 6) is 2.60. The van der Waals surface area contributed by atoms with Gasteiger partial charge in [0.2, 0.25) is 0 Å². The van der Waals surface area contributed by atoms with E-state index in [4.69, 9.17) is 0 Å². The lowest BCUT2D eigenvalue weighted by Gasteiger charge is -2.19. The molecule has 118 valence electrons. The highest BCUT2D eigenvalue weighted by atomic mass is 14.2. The van der Waals surface area contributed by atoms with Gasteiger partial charge >= 0.3 is 0 Å². The quantitative estimate of drug-likeness (QED) is 0.452. The molecule has 1 aliphatic carbocycles. The van der Waals surface area contributed by atoms with Crippen LogP contribution >= 0.6 is 0 Å². The van der Waals surface area contributed by atoms with E-state index in [0.717, 1.165) is 17.8 Å². The van der Waals surface area contributed by atoms with E-state index in [0.29, 0.717) is 0 Å². The van der Waals surface area contributed by atoms with E-state index in [-0.39, 0.29) is 0 Å². The summed E-state index contributed by atoms with van der Waals surface area (Å²) in [6.07, 6.45) is 11.8. The summed E-state index contributed by atoms with van der Waals surface area (Å²) < 4.78 is 0. The third-order valence-corrected chi connectivity index (χ3v) is 4.51. The van der Waals surface area contributed by atoms with Gasteiger partial charge in [0.05, 0.1) is 0 Å². The Hall–Kier alpha value is -0.520. The van der Waals surface area contributed by atoms with Crippen LogP contribution in [0.4, 0.5) is 0 Å². The van der Waals surface area contributed by atoms with Gasteiger partial charge in [0.1, 0.15) is 0 Å². The van der Waals surface area contributed by atoms with Crippen molar-refractivity contribution in [3.05, 3.63) is 23.8 Å². The molecular weight excluding hydrogens is 240 g/mol. The molecule has 0 nitrogen and oxygen atoms in total. The van der Waals surface area contributed by atoms with Crippen LogP contribution in [-0.4, -0.2) is 0 Å². The first-order valence-corrected chi connectivity index (χ1v) is 8.67. The lowest BCUT2D eigenvalue weighted by atomic mass is 9.86. The van der Waals surface area contributed by atoms with Crippen LogP contribution in [0.2, 0.25) is 0 Å². The Morgan fingerprint density at radius 2 is 1.95 bits per heavy atom. The van der Waals surface area contributed by atoms with Crippen LogP contribution in [0.1, 0.15) is 86.5 Å². The van der Waals surface area contributed by atoms with Crippen molar-refractivity contribution in [1.29, 1.82) is 0 Å². The summed E-state index contributed by atoms with van der Waals surface area (Å²) in [5.41, 5.74) is 2.90. The molecule has 20 heavy (non-hydrogen) atoms. The Morgan fingerprint density at radius 3 is 2.35 bits per heavy atom. The molecule has 0 heteroatoms. The Kier molecular flexibility index (Phi) is 10.9. The standard InChI is InChI=1S/C10H16.C10H22/c1-8(2)10-6-4-9(3)5-7-10;1-5-10(4)8-6-7-9(2)3/h4,10H,1,5-7H2,2-3H3;9-10H,5-8H2,1-4H3/t10-;/m0./s1. The van der Waals surface area contributed by atoms with E-state index in [2.05, 4.69) is 54.2 Å². The average Bonchev–Trinajstić information content (AvgIpc) is 2.39. The summed E-state index contributed by atoms with van der Waals surface area (Å²) >= 11 is 0. The van der Waals surface area contributed by atoms with Crippen LogP contribution in [0, 0.1) is 17.8 Å². The van der Waals surface area contributed by atoms with E-state index in [1.165, 1.54) is 50.5 Å². The highest BCUT2D eigenvalue weighted by molar-refractivity contribution is 5.09. The maximum absolute atomic E-state index is 3.97. The summed E-state index contributed by atoms with van der Waals surface area (Å²) in [7, 11) is 0. The van der Waals surface area contributed by atoms with E-state index < -0.39 is 0 Å². The largest absolute Gasteiger partial charge is 0.0998 e. The zero-order chi connectivity index (χ0) is 15.5. The van der Waals surface area contributed by atoms with Crippen molar-refractivity contribution in [2.24, 2.45) is 17.8 Å². The Balaban J connectivity index is 0.000000361. The minimum absolute atomic E-state index is 0.767. The fourth-order valence-electron chi connectivity index (χ4n) is 2.49. The van der Waals surface area contributed by atoms with Crippen LogP contribution in [0.5, 0.6) is 0 Å². The lowest BCUT2D eigenvalue weighted by Crippen LogP contribution is -2.04. The molecule has 2 atom stereocenters. The van der Waals surface area contributed by atoms with Gasteiger partial charge in [0, 0.05) is 0 Å². The number of hydrogen-bond acceptors (Lipinski definition) is 0. The van der Waals surface area contributed by atoms with Crippen molar-refractivity contribution in [2.75, 3.05) is 0 Å². The van der Waals surface area contributed by atoms with Crippen LogP contribution in [0.25, 0.3) is 0 Å². The third kappa shape index (κ3) is 10.3. The molecule has 0 aromatic rings. The molecule has 0 aromatic carbocycles. The van der Waals surface area contributed by atoms with Crippen molar-refractivity contribution in [2.45, 2.75) is 86.5 Å². The van der Waals surface area contributed by atoms with Gasteiger partial charge in [-0.15, -0.1) is 0 Å². The van der Waals surface area contributed by atoms with Crippen LogP contribution in [-0.2, 0) is 0 Å². The first-order valence-electron chi connectivity index (χ1n) is 8.67. The van der Waals surface area contributed by atoms with Crippen molar-refractivity contribution >= 4 is 0 Å². The van der Waals surface area contributed by atoms with E-state index in [9.17, 15) is 0 Å². The molecule has 1 unspecified atom stereocenters. The predicted octanol–water partition coefficient (Wildman–Crippen LogP) is 7.17. The molecule has 0 N–H and O–H groups in total. The number of hydrogen-bond donors (Lipinski definition) is 0. The van der Waals surface area contributed by atoms with Gasteiger partial charge in [-0.1, -0.05) is 77.2 Å². The smallest absolute Gasteiger partial charge is 0.0171 e. The van der Waals surface area contributed by atoms with Gasteiger partial charge in [-0.3, -0.25) is 0 Å². The second-order valence-electron chi connectivity index (χ2n) is 7.21. The maximum Gasteiger partial charge on any atom is -0.0171 e. The lowest BCUT2D eigenvalue weighted by molar-refractivity contribution is 0.449. The van der Waals surface area contributed by atoms with E-state index in [1.807, 2.05) is 0 Å². The van der Waals surface area contributed by atoms with Gasteiger partial charge < -0.3 is 0 Å². The van der Waals surface area contributed by atoms with E-state index >= 15 is 0 Å². The molecule has 0 saturated carbocycles. The molecule has 0 radical (unpaired) electrons. The molecule has 1 rings (SSSR count). The second-order valence-corrected chi connectivity index (χ2v) is 7.21. The Morgan fingerprint density at radius 1 is 1.30 bits per heavy atom. The van der Waals surface area contributed by atoms with Gasteiger partial charge in [0.15, 0.2) is 0 Å². The van der Waals surface area contributed by atoms with Crippen molar-refractivity contribution < 1.29 is 0 Å². The van der Waals surface area contributed by atoms with Crippen molar-refractivity contribution in [1.82, 2.24) is 0 Å². The molecule has 0 heterocycles. The predicted molar refractivity (Wildman–Crippen MR) is 94.1 cm³/mol. The second kappa shape index (κ2) is 11.2. The first kappa shape index (κ1) is 19.5. The summed E-state index contributed by atoms with van der Waals surface area (Å²) in [6.45, 7) is 17.6. The normalized spacial score (nSPS) is 19.9. The van der Waals surface area contributed by atoms with Gasteiger partial charge in [-0.25, -0.2) is 0 Å². The molecule has 0 bridgehead atoms. The molecule has 0 aromatic heterocycles. The summed E-state index contributed by atoms with van der Waals surface area (Å²) in [5, 5.41) is 0. The van der Waals surface area contributed by atoms with Crippen molar-refractivity contribution in [3.8, 4) is 0 Å². The first-order chi connectivity index (χ1) is 9.36. The zero-order valence-corrected chi connectivity index (χ0v) is 15.0. The molecule has 0 saturated heterocycles. The van der Waals surface area contributed by atoms with Gasteiger partial charge in [-0.2, -0.15) is 0 Å². The highest BCUT2D eigenvalue weighted by Crippen LogP contribution is 2.27. The highest BCUT2D eigenvalue weighted by Gasteiger charge is 2.11. The monoisotopic (exact) mass is 278 g/mol. The topological polar surface area (TPSA) is 0 Å². The molecule has 0 fully saturated rings.